The smallest absolute Gasteiger partial charge is 0.255 e. The number of aryl methyl sites for hydroxylation is 1. The number of H-pyrrole nitrogens is 1. The minimum absolute atomic E-state index is 0.197. The van der Waals surface area contributed by atoms with Crippen LogP contribution < -0.4 is 5.32 Å². The molecule has 0 fully saturated rings. The van der Waals surface area contributed by atoms with E-state index in [4.69, 9.17) is 11.6 Å². The normalized spacial score (nSPS) is 10.8. The van der Waals surface area contributed by atoms with Gasteiger partial charge < -0.3 is 10.3 Å². The Labute approximate surface area is 155 Å². The van der Waals surface area contributed by atoms with Gasteiger partial charge in [0, 0.05) is 21.8 Å². The minimum Gasteiger partial charge on any atom is -0.338 e. The van der Waals surface area contributed by atoms with Crippen LogP contribution in [0.15, 0.2) is 66.7 Å². The van der Waals surface area contributed by atoms with E-state index in [1.807, 2.05) is 49.4 Å². The zero-order valence-corrected chi connectivity index (χ0v) is 14.8. The van der Waals surface area contributed by atoms with Crippen molar-refractivity contribution in [3.63, 3.8) is 0 Å². The second-order valence-corrected chi connectivity index (χ2v) is 6.53. The first-order valence-corrected chi connectivity index (χ1v) is 8.61. The zero-order chi connectivity index (χ0) is 18.1. The van der Waals surface area contributed by atoms with E-state index in [1.165, 1.54) is 0 Å². The van der Waals surface area contributed by atoms with E-state index < -0.39 is 0 Å². The summed E-state index contributed by atoms with van der Waals surface area (Å²) >= 11 is 5.97. The van der Waals surface area contributed by atoms with E-state index in [2.05, 4.69) is 15.3 Å². The molecular formula is C21H16ClN3O. The number of halogens is 1. The molecule has 5 heteroatoms. The maximum absolute atomic E-state index is 12.5. The minimum atomic E-state index is -0.197. The molecule has 1 amide bonds. The van der Waals surface area contributed by atoms with E-state index >= 15 is 0 Å². The highest BCUT2D eigenvalue weighted by molar-refractivity contribution is 6.31. The number of aromatic nitrogens is 2. The Morgan fingerprint density at radius 2 is 1.88 bits per heavy atom. The maximum Gasteiger partial charge on any atom is 0.255 e. The van der Waals surface area contributed by atoms with Gasteiger partial charge in [0.05, 0.1) is 11.0 Å². The Hall–Kier alpha value is -3.11. The molecule has 0 saturated carbocycles. The fraction of sp³-hybridized carbons (Fsp3) is 0.0476. The lowest BCUT2D eigenvalue weighted by atomic mass is 10.1. The van der Waals surface area contributed by atoms with Crippen molar-refractivity contribution in [2.45, 2.75) is 6.92 Å². The van der Waals surface area contributed by atoms with Gasteiger partial charge in [-0.3, -0.25) is 4.79 Å². The molecule has 4 rings (SSSR count). The third-order valence-corrected chi connectivity index (χ3v) is 4.47. The van der Waals surface area contributed by atoms with Crippen molar-refractivity contribution in [2.75, 3.05) is 5.32 Å². The molecule has 0 aliphatic carbocycles. The molecular weight excluding hydrogens is 346 g/mol. The highest BCUT2D eigenvalue weighted by Gasteiger charge is 2.11. The van der Waals surface area contributed by atoms with E-state index in [-0.39, 0.29) is 5.91 Å². The molecule has 0 unspecified atom stereocenters. The standard InChI is InChI=1S/C21H16ClN3O/c1-13-9-10-14(20-23-17-7-2-3-8-18(17)24-20)12-19(13)25-21(26)15-5-4-6-16(22)11-15/h2-12H,1H3,(H,23,24)(H,25,26). The number of carbonyl (C=O) groups is 1. The van der Waals surface area contributed by atoms with Gasteiger partial charge in [0.1, 0.15) is 5.82 Å². The van der Waals surface area contributed by atoms with Crippen LogP contribution in [0.2, 0.25) is 5.02 Å². The number of rotatable bonds is 3. The zero-order valence-electron chi connectivity index (χ0n) is 14.1. The third kappa shape index (κ3) is 3.19. The number of para-hydroxylation sites is 2. The van der Waals surface area contributed by atoms with Crippen LogP contribution in [-0.4, -0.2) is 15.9 Å². The van der Waals surface area contributed by atoms with Gasteiger partial charge in [0.2, 0.25) is 0 Å². The summed E-state index contributed by atoms with van der Waals surface area (Å²) in [5.41, 5.74) is 5.03. The van der Waals surface area contributed by atoms with Crippen molar-refractivity contribution in [3.05, 3.63) is 82.9 Å². The number of nitrogens with zero attached hydrogens (tertiary/aromatic N) is 1. The van der Waals surface area contributed by atoms with Crippen LogP contribution in [0.4, 0.5) is 5.69 Å². The molecule has 0 radical (unpaired) electrons. The second-order valence-electron chi connectivity index (χ2n) is 6.10. The highest BCUT2D eigenvalue weighted by atomic mass is 35.5. The van der Waals surface area contributed by atoms with Crippen molar-refractivity contribution < 1.29 is 4.79 Å². The van der Waals surface area contributed by atoms with Crippen LogP contribution in [0.25, 0.3) is 22.4 Å². The number of imidazole rings is 1. The molecule has 26 heavy (non-hydrogen) atoms. The number of hydrogen-bond acceptors (Lipinski definition) is 2. The third-order valence-electron chi connectivity index (χ3n) is 4.24. The van der Waals surface area contributed by atoms with Crippen molar-refractivity contribution in [1.82, 2.24) is 9.97 Å². The topological polar surface area (TPSA) is 57.8 Å². The van der Waals surface area contributed by atoms with Gasteiger partial charge in [-0.15, -0.1) is 0 Å². The van der Waals surface area contributed by atoms with Crippen LogP contribution in [-0.2, 0) is 0 Å². The second kappa shape index (κ2) is 6.65. The average molecular weight is 362 g/mol. The number of hydrogen-bond donors (Lipinski definition) is 2. The molecule has 3 aromatic carbocycles. The molecule has 2 N–H and O–H groups in total. The lowest BCUT2D eigenvalue weighted by Gasteiger charge is -2.10. The largest absolute Gasteiger partial charge is 0.338 e. The quantitative estimate of drug-likeness (QED) is 0.510. The highest BCUT2D eigenvalue weighted by Crippen LogP contribution is 2.26. The molecule has 1 aromatic heterocycles. The Morgan fingerprint density at radius 3 is 2.69 bits per heavy atom. The van der Waals surface area contributed by atoms with E-state index in [1.54, 1.807) is 24.3 Å². The summed E-state index contributed by atoms with van der Waals surface area (Å²) < 4.78 is 0. The fourth-order valence-corrected chi connectivity index (χ4v) is 3.01. The molecule has 0 atom stereocenters. The monoisotopic (exact) mass is 361 g/mol. The summed E-state index contributed by atoms with van der Waals surface area (Å²) in [5, 5.41) is 3.49. The average Bonchev–Trinajstić information content (AvgIpc) is 3.07. The van der Waals surface area contributed by atoms with E-state index in [0.717, 1.165) is 33.7 Å². The van der Waals surface area contributed by atoms with Crippen LogP contribution >= 0.6 is 11.6 Å². The summed E-state index contributed by atoms with van der Waals surface area (Å²) in [4.78, 5) is 20.4. The molecule has 0 saturated heterocycles. The van der Waals surface area contributed by atoms with Gasteiger partial charge in [-0.2, -0.15) is 0 Å². The Balaban J connectivity index is 1.67. The number of aromatic amines is 1. The molecule has 0 bridgehead atoms. The summed E-state index contributed by atoms with van der Waals surface area (Å²) in [7, 11) is 0. The lowest BCUT2D eigenvalue weighted by Crippen LogP contribution is -2.12. The first kappa shape index (κ1) is 16.4. The van der Waals surface area contributed by atoms with Crippen molar-refractivity contribution in [3.8, 4) is 11.4 Å². The van der Waals surface area contributed by atoms with Crippen molar-refractivity contribution in [1.29, 1.82) is 0 Å². The van der Waals surface area contributed by atoms with Gasteiger partial charge in [-0.1, -0.05) is 41.9 Å². The van der Waals surface area contributed by atoms with Crippen molar-refractivity contribution >= 4 is 34.2 Å². The predicted molar refractivity (Wildman–Crippen MR) is 106 cm³/mol. The van der Waals surface area contributed by atoms with Crippen LogP contribution in [0.1, 0.15) is 15.9 Å². The molecule has 4 aromatic rings. The Bertz CT molecular complexity index is 1080. The van der Waals surface area contributed by atoms with Crippen LogP contribution in [0.5, 0.6) is 0 Å². The molecule has 128 valence electrons. The molecule has 0 spiro atoms. The Kier molecular flexibility index (Phi) is 4.19. The molecule has 1 heterocycles. The molecule has 0 aliphatic rings. The van der Waals surface area contributed by atoms with Gasteiger partial charge in [-0.25, -0.2) is 4.98 Å². The van der Waals surface area contributed by atoms with Gasteiger partial charge in [0.15, 0.2) is 0 Å². The summed E-state index contributed by atoms with van der Waals surface area (Å²) in [5.74, 6) is 0.571. The fourth-order valence-electron chi connectivity index (χ4n) is 2.82. The number of fused-ring (bicyclic) bond motifs is 1. The van der Waals surface area contributed by atoms with Crippen LogP contribution in [0, 0.1) is 6.92 Å². The van der Waals surface area contributed by atoms with Crippen molar-refractivity contribution in [2.24, 2.45) is 0 Å². The van der Waals surface area contributed by atoms with Gasteiger partial charge >= 0.3 is 0 Å². The van der Waals surface area contributed by atoms with E-state index in [0.29, 0.717) is 10.6 Å². The summed E-state index contributed by atoms with van der Waals surface area (Å²) in [6, 6.07) is 20.6. The van der Waals surface area contributed by atoms with Crippen LogP contribution in [0.3, 0.4) is 0 Å². The first-order chi connectivity index (χ1) is 12.6. The lowest BCUT2D eigenvalue weighted by molar-refractivity contribution is 0.102. The summed E-state index contributed by atoms with van der Waals surface area (Å²) in [6.07, 6.45) is 0. The Morgan fingerprint density at radius 1 is 1.04 bits per heavy atom. The number of amides is 1. The molecule has 4 nitrogen and oxygen atoms in total. The first-order valence-electron chi connectivity index (χ1n) is 8.23. The maximum atomic E-state index is 12.5. The number of anilines is 1. The number of carbonyl (C=O) groups excluding carboxylic acids is 1. The predicted octanol–water partition coefficient (Wildman–Crippen LogP) is 5.44. The number of benzene rings is 3. The number of nitrogens with one attached hydrogen (secondary N) is 2. The van der Waals surface area contributed by atoms with Gasteiger partial charge in [-0.05, 0) is 48.9 Å². The van der Waals surface area contributed by atoms with E-state index in [9.17, 15) is 4.79 Å². The van der Waals surface area contributed by atoms with Gasteiger partial charge in [0.25, 0.3) is 5.91 Å². The SMILES string of the molecule is Cc1ccc(-c2nc3ccccc3[nH]2)cc1NC(=O)c1cccc(Cl)c1. The molecule has 0 aliphatic heterocycles. The summed E-state index contributed by atoms with van der Waals surface area (Å²) in [6.45, 7) is 1.95.